The number of aromatic amines is 1. The van der Waals surface area contributed by atoms with Crippen molar-refractivity contribution in [2.45, 2.75) is 32.1 Å². The van der Waals surface area contributed by atoms with Crippen molar-refractivity contribution >= 4 is 11.2 Å². The fourth-order valence-corrected chi connectivity index (χ4v) is 3.10. The van der Waals surface area contributed by atoms with Crippen molar-refractivity contribution in [3.63, 3.8) is 0 Å². The molecule has 0 spiro atoms. The lowest BCUT2D eigenvalue weighted by atomic mass is 10.1. The Morgan fingerprint density at radius 1 is 1.20 bits per heavy atom. The van der Waals surface area contributed by atoms with E-state index in [-0.39, 0.29) is 0 Å². The van der Waals surface area contributed by atoms with Crippen LogP contribution in [-0.2, 0) is 19.9 Å². The SMILES string of the molecule is Cn1nc(-c2cnc3[nH]ccc3n2)c2c1CCCCC2. The van der Waals surface area contributed by atoms with Gasteiger partial charge >= 0.3 is 0 Å². The molecule has 0 bridgehead atoms. The summed E-state index contributed by atoms with van der Waals surface area (Å²) >= 11 is 0. The van der Waals surface area contributed by atoms with Gasteiger partial charge in [0.25, 0.3) is 0 Å². The molecule has 0 fully saturated rings. The van der Waals surface area contributed by atoms with E-state index < -0.39 is 0 Å². The maximum atomic E-state index is 4.70. The third kappa shape index (κ3) is 1.73. The van der Waals surface area contributed by atoms with Crippen LogP contribution in [0.3, 0.4) is 0 Å². The molecule has 20 heavy (non-hydrogen) atoms. The number of rotatable bonds is 1. The molecule has 0 atom stereocenters. The molecule has 1 aliphatic rings. The second-order valence-electron chi connectivity index (χ2n) is 5.42. The van der Waals surface area contributed by atoms with Crippen LogP contribution in [0.1, 0.15) is 30.5 Å². The molecule has 3 aromatic heterocycles. The van der Waals surface area contributed by atoms with E-state index in [0.717, 1.165) is 35.4 Å². The predicted octanol–water partition coefficient (Wildman–Crippen LogP) is 2.63. The van der Waals surface area contributed by atoms with E-state index in [0.29, 0.717) is 0 Å². The average Bonchev–Trinajstić information content (AvgIpc) is 2.95. The Hall–Kier alpha value is -2.17. The minimum Gasteiger partial charge on any atom is -0.345 e. The van der Waals surface area contributed by atoms with Crippen LogP contribution in [0.5, 0.6) is 0 Å². The number of fused-ring (bicyclic) bond motifs is 2. The van der Waals surface area contributed by atoms with Crippen LogP contribution in [0.15, 0.2) is 18.5 Å². The summed E-state index contributed by atoms with van der Waals surface area (Å²) in [5.41, 5.74) is 6.37. The van der Waals surface area contributed by atoms with Gasteiger partial charge in [0, 0.05) is 24.5 Å². The van der Waals surface area contributed by atoms with Gasteiger partial charge in [0.1, 0.15) is 16.9 Å². The summed E-state index contributed by atoms with van der Waals surface area (Å²) in [6.45, 7) is 0. The first-order chi connectivity index (χ1) is 9.83. The zero-order valence-corrected chi connectivity index (χ0v) is 11.6. The maximum absolute atomic E-state index is 4.70. The number of nitrogens with one attached hydrogen (secondary N) is 1. The number of H-pyrrole nitrogens is 1. The molecule has 5 nitrogen and oxygen atoms in total. The largest absolute Gasteiger partial charge is 0.345 e. The van der Waals surface area contributed by atoms with Gasteiger partial charge in [0.2, 0.25) is 0 Å². The first-order valence-corrected chi connectivity index (χ1v) is 7.18. The van der Waals surface area contributed by atoms with Crippen LogP contribution in [0, 0.1) is 0 Å². The molecule has 0 unspecified atom stereocenters. The van der Waals surface area contributed by atoms with E-state index in [4.69, 9.17) is 5.10 Å². The van der Waals surface area contributed by atoms with E-state index in [2.05, 4.69) is 15.0 Å². The summed E-state index contributed by atoms with van der Waals surface area (Å²) in [6, 6.07) is 1.95. The minimum atomic E-state index is 0.829. The van der Waals surface area contributed by atoms with Crippen molar-refractivity contribution in [3.8, 4) is 11.4 Å². The first-order valence-electron chi connectivity index (χ1n) is 7.18. The summed E-state index contributed by atoms with van der Waals surface area (Å²) in [5, 5.41) is 4.70. The Morgan fingerprint density at radius 3 is 3.05 bits per heavy atom. The lowest BCUT2D eigenvalue weighted by Gasteiger charge is -2.01. The van der Waals surface area contributed by atoms with Crippen LogP contribution < -0.4 is 0 Å². The summed E-state index contributed by atoms with van der Waals surface area (Å²) < 4.78 is 2.03. The summed E-state index contributed by atoms with van der Waals surface area (Å²) in [7, 11) is 2.04. The quantitative estimate of drug-likeness (QED) is 0.689. The Kier molecular flexibility index (Phi) is 2.58. The van der Waals surface area contributed by atoms with Gasteiger partial charge in [-0.2, -0.15) is 5.10 Å². The molecule has 5 heteroatoms. The number of aryl methyl sites for hydroxylation is 1. The second kappa shape index (κ2) is 4.44. The smallest absolute Gasteiger partial charge is 0.156 e. The molecule has 3 heterocycles. The number of hydrogen-bond acceptors (Lipinski definition) is 3. The van der Waals surface area contributed by atoms with Crippen LogP contribution in [0.2, 0.25) is 0 Å². The molecular weight excluding hydrogens is 250 g/mol. The monoisotopic (exact) mass is 267 g/mol. The van der Waals surface area contributed by atoms with Crippen molar-refractivity contribution in [2.75, 3.05) is 0 Å². The highest BCUT2D eigenvalue weighted by Crippen LogP contribution is 2.29. The Morgan fingerprint density at radius 2 is 2.10 bits per heavy atom. The van der Waals surface area contributed by atoms with Crippen molar-refractivity contribution in [2.24, 2.45) is 7.05 Å². The van der Waals surface area contributed by atoms with E-state index >= 15 is 0 Å². The van der Waals surface area contributed by atoms with E-state index in [1.54, 1.807) is 0 Å². The normalized spacial score (nSPS) is 15.2. The molecule has 0 aromatic carbocycles. The van der Waals surface area contributed by atoms with Crippen LogP contribution >= 0.6 is 0 Å². The summed E-state index contributed by atoms with van der Waals surface area (Å²) in [4.78, 5) is 12.2. The molecule has 1 N–H and O–H groups in total. The molecular formula is C15H17N5. The molecule has 102 valence electrons. The van der Waals surface area contributed by atoms with Crippen LogP contribution in [-0.4, -0.2) is 24.7 Å². The third-order valence-electron chi connectivity index (χ3n) is 4.12. The maximum Gasteiger partial charge on any atom is 0.156 e. The lowest BCUT2D eigenvalue weighted by Crippen LogP contribution is -1.98. The summed E-state index contributed by atoms with van der Waals surface area (Å²) in [5.74, 6) is 0. The van der Waals surface area contributed by atoms with Gasteiger partial charge < -0.3 is 4.98 Å². The van der Waals surface area contributed by atoms with Gasteiger partial charge in [-0.05, 0) is 31.7 Å². The van der Waals surface area contributed by atoms with E-state index in [9.17, 15) is 0 Å². The van der Waals surface area contributed by atoms with E-state index in [1.165, 1.54) is 30.5 Å². The molecule has 0 amide bonds. The van der Waals surface area contributed by atoms with Gasteiger partial charge in [-0.25, -0.2) is 9.97 Å². The Labute approximate surface area is 117 Å². The highest BCUT2D eigenvalue weighted by atomic mass is 15.3. The standard InChI is InChI=1S/C15H17N5/c1-20-13-6-4-2-3-5-10(13)14(19-20)12-9-17-15-11(18-12)7-8-16-15/h7-9H,2-6H2,1H3,(H,16,17). The van der Waals surface area contributed by atoms with E-state index in [1.807, 2.05) is 30.2 Å². The van der Waals surface area contributed by atoms with Gasteiger partial charge in [0.15, 0.2) is 5.65 Å². The average molecular weight is 267 g/mol. The topological polar surface area (TPSA) is 59.4 Å². The second-order valence-corrected chi connectivity index (χ2v) is 5.42. The fraction of sp³-hybridized carbons (Fsp3) is 0.400. The fourth-order valence-electron chi connectivity index (χ4n) is 3.10. The zero-order chi connectivity index (χ0) is 13.5. The Bertz CT molecular complexity index is 768. The van der Waals surface area contributed by atoms with Crippen LogP contribution in [0.25, 0.3) is 22.6 Å². The highest BCUT2D eigenvalue weighted by Gasteiger charge is 2.20. The molecule has 1 aliphatic carbocycles. The molecule has 0 aliphatic heterocycles. The molecule has 0 saturated carbocycles. The first kappa shape index (κ1) is 11.6. The highest BCUT2D eigenvalue weighted by molar-refractivity contribution is 5.74. The Balaban J connectivity index is 1.88. The predicted molar refractivity (Wildman–Crippen MR) is 77.3 cm³/mol. The number of aromatic nitrogens is 5. The van der Waals surface area contributed by atoms with Gasteiger partial charge in [0.05, 0.1) is 6.20 Å². The van der Waals surface area contributed by atoms with Gasteiger partial charge in [-0.3, -0.25) is 4.68 Å². The van der Waals surface area contributed by atoms with Crippen molar-refractivity contribution in [1.29, 1.82) is 0 Å². The molecule has 3 aromatic rings. The zero-order valence-electron chi connectivity index (χ0n) is 11.6. The van der Waals surface area contributed by atoms with Gasteiger partial charge in [-0.1, -0.05) is 6.42 Å². The van der Waals surface area contributed by atoms with Crippen molar-refractivity contribution in [3.05, 3.63) is 29.7 Å². The van der Waals surface area contributed by atoms with Crippen LogP contribution in [0.4, 0.5) is 0 Å². The minimum absolute atomic E-state index is 0.829. The lowest BCUT2D eigenvalue weighted by molar-refractivity contribution is 0.663. The third-order valence-corrected chi connectivity index (χ3v) is 4.12. The van der Waals surface area contributed by atoms with Gasteiger partial charge in [-0.15, -0.1) is 0 Å². The number of hydrogen-bond donors (Lipinski definition) is 1. The molecule has 0 radical (unpaired) electrons. The molecule has 4 rings (SSSR count). The van der Waals surface area contributed by atoms with Crippen molar-refractivity contribution in [1.82, 2.24) is 24.7 Å². The summed E-state index contributed by atoms with van der Waals surface area (Å²) in [6.07, 6.45) is 9.72. The molecule has 0 saturated heterocycles. The van der Waals surface area contributed by atoms with Crippen molar-refractivity contribution < 1.29 is 0 Å². The number of nitrogens with zero attached hydrogens (tertiary/aromatic N) is 4.